The molecule has 0 fully saturated rings. The fourth-order valence-electron chi connectivity index (χ4n) is 2.90. The number of pyridine rings is 1. The summed E-state index contributed by atoms with van der Waals surface area (Å²) < 4.78 is 12.3. The number of rotatable bonds is 4. The van der Waals surface area contributed by atoms with Gasteiger partial charge >= 0.3 is 5.97 Å². The van der Waals surface area contributed by atoms with Crippen LogP contribution in [-0.2, 0) is 11.2 Å². The number of esters is 1. The van der Waals surface area contributed by atoms with Crippen molar-refractivity contribution in [1.82, 2.24) is 9.38 Å². The molecule has 0 spiro atoms. The van der Waals surface area contributed by atoms with Crippen molar-refractivity contribution in [1.29, 1.82) is 0 Å². The van der Waals surface area contributed by atoms with Crippen LogP contribution < -0.4 is 0 Å². The number of benzene rings is 1. The number of hydrogen-bond donors (Lipinski definition) is 0. The minimum Gasteiger partial charge on any atom is -0.465 e. The van der Waals surface area contributed by atoms with E-state index in [4.69, 9.17) is 14.1 Å². The molecule has 0 atom stereocenters. The van der Waals surface area contributed by atoms with Crippen molar-refractivity contribution < 1.29 is 13.9 Å². The number of carbonyl (C=O) groups is 1. The first-order valence-corrected chi connectivity index (χ1v) is 7.93. The molecule has 0 bridgehead atoms. The number of carbonyl (C=O) groups excluding carboxylic acids is 1. The van der Waals surface area contributed by atoms with E-state index in [1.807, 2.05) is 40.8 Å². The number of nitrogens with zero attached hydrogens (tertiary/aromatic N) is 2. The summed E-state index contributed by atoms with van der Waals surface area (Å²) in [6.07, 6.45) is 4.06. The maximum absolute atomic E-state index is 11.9. The van der Waals surface area contributed by atoms with Crippen molar-refractivity contribution >= 4 is 11.6 Å². The molecule has 1 aromatic carbocycles. The van der Waals surface area contributed by atoms with Gasteiger partial charge in [0.1, 0.15) is 11.3 Å². The second kappa shape index (κ2) is 6.28. The number of hydrogen-bond acceptors (Lipinski definition) is 4. The molecule has 0 radical (unpaired) electrons. The van der Waals surface area contributed by atoms with Crippen LogP contribution in [0.3, 0.4) is 0 Å². The Hall–Kier alpha value is -3.34. The van der Waals surface area contributed by atoms with Crippen molar-refractivity contribution in [3.8, 4) is 11.5 Å². The van der Waals surface area contributed by atoms with E-state index in [9.17, 15) is 4.79 Å². The molecule has 0 unspecified atom stereocenters. The average molecular weight is 332 g/mol. The summed E-state index contributed by atoms with van der Waals surface area (Å²) in [4.78, 5) is 16.6. The lowest BCUT2D eigenvalue weighted by atomic mass is 10.1. The van der Waals surface area contributed by atoms with Crippen LogP contribution in [0.4, 0.5) is 0 Å². The topological polar surface area (TPSA) is 56.7 Å². The molecule has 0 saturated carbocycles. The van der Waals surface area contributed by atoms with Gasteiger partial charge in [0, 0.05) is 12.6 Å². The predicted octanol–water partition coefficient (Wildman–Crippen LogP) is 3.97. The van der Waals surface area contributed by atoms with Crippen LogP contribution in [0.5, 0.6) is 0 Å². The lowest BCUT2D eigenvalue weighted by Crippen LogP contribution is -2.04. The summed E-state index contributed by atoms with van der Waals surface area (Å²) in [5.74, 6) is 0.329. The smallest absolute Gasteiger partial charge is 0.339 e. The third-order valence-corrected chi connectivity index (χ3v) is 4.11. The van der Waals surface area contributed by atoms with Gasteiger partial charge in [-0.05, 0) is 29.8 Å². The second-order valence-electron chi connectivity index (χ2n) is 5.68. The molecule has 4 rings (SSSR count). The Morgan fingerprint density at radius 1 is 1.12 bits per heavy atom. The zero-order chi connectivity index (χ0) is 17.2. The van der Waals surface area contributed by atoms with Gasteiger partial charge in [0.15, 0.2) is 5.76 Å². The van der Waals surface area contributed by atoms with E-state index in [-0.39, 0.29) is 5.97 Å². The summed E-state index contributed by atoms with van der Waals surface area (Å²) in [5.41, 5.74) is 4.12. The van der Waals surface area contributed by atoms with Gasteiger partial charge in [-0.25, -0.2) is 9.78 Å². The molecule has 124 valence electrons. The summed E-state index contributed by atoms with van der Waals surface area (Å²) in [6.45, 7) is 0. The third kappa shape index (κ3) is 2.80. The van der Waals surface area contributed by atoms with E-state index < -0.39 is 0 Å². The molecule has 0 aliphatic rings. The minimum atomic E-state index is -0.374. The fraction of sp³-hybridized carbons (Fsp3) is 0.100. The van der Waals surface area contributed by atoms with E-state index >= 15 is 0 Å². The van der Waals surface area contributed by atoms with Crippen molar-refractivity contribution in [2.75, 3.05) is 7.11 Å². The van der Waals surface area contributed by atoms with Gasteiger partial charge < -0.3 is 13.6 Å². The van der Waals surface area contributed by atoms with E-state index in [2.05, 4.69) is 12.1 Å². The van der Waals surface area contributed by atoms with Crippen LogP contribution in [0.1, 0.15) is 21.6 Å². The highest BCUT2D eigenvalue weighted by Gasteiger charge is 2.18. The van der Waals surface area contributed by atoms with Gasteiger partial charge in [0.2, 0.25) is 0 Å². The Morgan fingerprint density at radius 3 is 2.68 bits per heavy atom. The lowest BCUT2D eigenvalue weighted by Gasteiger charge is -2.06. The lowest BCUT2D eigenvalue weighted by molar-refractivity contribution is 0.0600. The average Bonchev–Trinajstić information content (AvgIpc) is 3.30. The normalized spacial score (nSPS) is 10.9. The summed E-state index contributed by atoms with van der Waals surface area (Å²) in [6, 6.07) is 17.4. The van der Waals surface area contributed by atoms with Gasteiger partial charge in [0.05, 0.1) is 24.6 Å². The molecule has 5 heteroatoms. The highest BCUT2D eigenvalue weighted by atomic mass is 16.5. The van der Waals surface area contributed by atoms with E-state index in [0.717, 1.165) is 22.6 Å². The maximum Gasteiger partial charge on any atom is 0.339 e. The zero-order valence-corrected chi connectivity index (χ0v) is 13.7. The van der Waals surface area contributed by atoms with Crippen LogP contribution in [0, 0.1) is 0 Å². The number of ether oxygens (including phenoxy) is 1. The molecular weight excluding hydrogens is 316 g/mol. The first-order valence-electron chi connectivity index (χ1n) is 7.93. The van der Waals surface area contributed by atoms with Crippen molar-refractivity contribution in [2.24, 2.45) is 0 Å². The Labute approximate surface area is 144 Å². The number of furan rings is 1. The Bertz CT molecular complexity index is 1020. The van der Waals surface area contributed by atoms with Gasteiger partial charge in [-0.15, -0.1) is 0 Å². The van der Waals surface area contributed by atoms with Crippen LogP contribution in [0.2, 0.25) is 0 Å². The SMILES string of the molecule is COC(=O)c1ccc2nc(-c3ccco3)c(Cc3ccccc3)n2c1. The Balaban J connectivity index is 1.91. The molecule has 3 aromatic heterocycles. The Morgan fingerprint density at radius 2 is 1.96 bits per heavy atom. The van der Waals surface area contributed by atoms with Gasteiger partial charge in [0.25, 0.3) is 0 Å². The van der Waals surface area contributed by atoms with E-state index in [0.29, 0.717) is 17.7 Å². The predicted molar refractivity (Wildman–Crippen MR) is 93.5 cm³/mol. The first-order chi connectivity index (χ1) is 12.3. The van der Waals surface area contributed by atoms with Crippen LogP contribution >= 0.6 is 0 Å². The highest BCUT2D eigenvalue weighted by Crippen LogP contribution is 2.27. The van der Waals surface area contributed by atoms with E-state index in [1.54, 1.807) is 18.5 Å². The van der Waals surface area contributed by atoms with E-state index in [1.165, 1.54) is 7.11 Å². The van der Waals surface area contributed by atoms with Crippen LogP contribution in [-0.4, -0.2) is 22.5 Å². The molecule has 0 aliphatic heterocycles. The molecular formula is C20H16N2O3. The first kappa shape index (κ1) is 15.2. The summed E-state index contributed by atoms with van der Waals surface area (Å²) in [7, 11) is 1.37. The minimum absolute atomic E-state index is 0.374. The number of aromatic nitrogens is 2. The third-order valence-electron chi connectivity index (χ3n) is 4.11. The maximum atomic E-state index is 11.9. The monoisotopic (exact) mass is 332 g/mol. The van der Waals surface area contributed by atoms with Crippen molar-refractivity contribution in [3.05, 3.63) is 83.9 Å². The molecule has 0 saturated heterocycles. The number of fused-ring (bicyclic) bond motifs is 1. The molecule has 4 aromatic rings. The highest BCUT2D eigenvalue weighted by molar-refractivity contribution is 5.89. The molecule has 0 amide bonds. The Kier molecular flexibility index (Phi) is 3.82. The summed E-state index contributed by atoms with van der Waals surface area (Å²) in [5, 5.41) is 0. The van der Waals surface area contributed by atoms with Gasteiger partial charge in [-0.2, -0.15) is 0 Å². The van der Waals surface area contributed by atoms with Gasteiger partial charge in [-0.3, -0.25) is 0 Å². The largest absolute Gasteiger partial charge is 0.465 e. The fourth-order valence-corrected chi connectivity index (χ4v) is 2.90. The van der Waals surface area contributed by atoms with Crippen molar-refractivity contribution in [2.45, 2.75) is 6.42 Å². The standard InChI is InChI=1S/C20H16N2O3/c1-24-20(23)15-9-10-18-21-19(17-8-5-11-25-17)16(22(18)13-15)12-14-6-3-2-4-7-14/h2-11,13H,12H2,1H3. The second-order valence-corrected chi connectivity index (χ2v) is 5.68. The van der Waals surface area contributed by atoms with Gasteiger partial charge in [-0.1, -0.05) is 30.3 Å². The summed E-state index contributed by atoms with van der Waals surface area (Å²) >= 11 is 0. The quantitative estimate of drug-likeness (QED) is 0.531. The number of imidazole rings is 1. The van der Waals surface area contributed by atoms with Crippen molar-refractivity contribution in [3.63, 3.8) is 0 Å². The number of methoxy groups -OCH3 is 1. The zero-order valence-electron chi connectivity index (χ0n) is 13.7. The molecule has 5 nitrogen and oxygen atoms in total. The molecule has 3 heterocycles. The molecule has 0 N–H and O–H groups in total. The molecule has 0 aliphatic carbocycles. The van der Waals surface area contributed by atoms with Crippen LogP contribution in [0.25, 0.3) is 17.1 Å². The molecule has 25 heavy (non-hydrogen) atoms. The van der Waals surface area contributed by atoms with Crippen LogP contribution in [0.15, 0.2) is 71.5 Å².